The third kappa shape index (κ3) is 6.36. The van der Waals surface area contributed by atoms with Crippen LogP contribution in [0.4, 0.5) is 0 Å². The first-order chi connectivity index (χ1) is 11.1. The molecule has 2 rings (SSSR count). The van der Waals surface area contributed by atoms with E-state index in [1.165, 1.54) is 5.41 Å². The molecule has 5 heteroatoms. The zero-order valence-corrected chi connectivity index (χ0v) is 13.9. The maximum atomic E-state index is 12.0. The van der Waals surface area contributed by atoms with Crippen LogP contribution in [0.2, 0.25) is 0 Å². The molecule has 122 valence electrons. The van der Waals surface area contributed by atoms with E-state index in [0.717, 1.165) is 16.7 Å². The summed E-state index contributed by atoms with van der Waals surface area (Å²) >= 11 is 0. The molecule has 0 aliphatic rings. The van der Waals surface area contributed by atoms with Crippen molar-refractivity contribution in [3.05, 3.63) is 76.7 Å². The number of sulfonamides is 1. The van der Waals surface area contributed by atoms with Crippen molar-refractivity contribution >= 4 is 16.1 Å². The predicted molar refractivity (Wildman–Crippen MR) is 93.0 cm³/mol. The van der Waals surface area contributed by atoms with Crippen LogP contribution in [-0.2, 0) is 27.9 Å². The van der Waals surface area contributed by atoms with E-state index in [0.29, 0.717) is 13.2 Å². The largest absolute Gasteiger partial charge is 0.377 e. The minimum Gasteiger partial charge on any atom is -0.377 e. The van der Waals surface area contributed by atoms with Crippen molar-refractivity contribution < 1.29 is 13.2 Å². The molecule has 0 aromatic heterocycles. The molecule has 0 amide bonds. The molecular formula is C18H21NO3S. The molecule has 0 unspecified atom stereocenters. The summed E-state index contributed by atoms with van der Waals surface area (Å²) in [5.74, 6) is 0. The summed E-state index contributed by atoms with van der Waals surface area (Å²) in [5, 5.41) is 1.19. The Morgan fingerprint density at radius 2 is 1.65 bits per heavy atom. The molecule has 0 spiro atoms. The second-order valence-electron chi connectivity index (χ2n) is 5.03. The highest BCUT2D eigenvalue weighted by atomic mass is 32.2. The molecule has 0 aliphatic carbocycles. The van der Waals surface area contributed by atoms with E-state index < -0.39 is 10.0 Å². The smallest absolute Gasteiger partial charge is 0.234 e. The van der Waals surface area contributed by atoms with Crippen molar-refractivity contribution in [3.8, 4) is 0 Å². The van der Waals surface area contributed by atoms with Gasteiger partial charge in [0.05, 0.1) is 6.61 Å². The number of ether oxygens (including phenoxy) is 1. The lowest BCUT2D eigenvalue weighted by atomic mass is 10.1. The van der Waals surface area contributed by atoms with Gasteiger partial charge in [0.25, 0.3) is 0 Å². The topological polar surface area (TPSA) is 55.4 Å². The standard InChI is InChI=1S/C18H21NO3S/c1-2-22-15-18-10-8-17(9-11-18)14-19-23(20,21)13-12-16-6-4-3-5-7-16/h3-13,19H,2,14-15H2,1H3/b13-12+. The molecule has 2 aromatic rings. The molecule has 0 bridgehead atoms. The summed E-state index contributed by atoms with van der Waals surface area (Å²) < 4.78 is 31.8. The van der Waals surface area contributed by atoms with Gasteiger partial charge in [0.15, 0.2) is 0 Å². The van der Waals surface area contributed by atoms with Crippen molar-refractivity contribution in [2.45, 2.75) is 20.1 Å². The maximum absolute atomic E-state index is 12.0. The van der Waals surface area contributed by atoms with E-state index in [1.807, 2.05) is 61.5 Å². The number of nitrogens with one attached hydrogen (secondary N) is 1. The molecule has 23 heavy (non-hydrogen) atoms. The van der Waals surface area contributed by atoms with E-state index in [1.54, 1.807) is 6.08 Å². The second-order valence-corrected chi connectivity index (χ2v) is 6.68. The van der Waals surface area contributed by atoms with Gasteiger partial charge in [0.1, 0.15) is 0 Å². The lowest BCUT2D eigenvalue weighted by Crippen LogP contribution is -2.20. The molecule has 0 atom stereocenters. The Labute approximate surface area is 137 Å². The average molecular weight is 331 g/mol. The first-order valence-corrected chi connectivity index (χ1v) is 9.02. The summed E-state index contributed by atoms with van der Waals surface area (Å²) in [6.07, 6.45) is 1.58. The predicted octanol–water partition coefficient (Wildman–Crippen LogP) is 3.31. The van der Waals surface area contributed by atoms with Gasteiger partial charge in [-0.15, -0.1) is 0 Å². The van der Waals surface area contributed by atoms with Gasteiger partial charge < -0.3 is 4.74 Å². The van der Waals surface area contributed by atoms with Gasteiger partial charge >= 0.3 is 0 Å². The number of rotatable bonds is 8. The molecule has 2 aromatic carbocycles. The Morgan fingerprint density at radius 1 is 1.00 bits per heavy atom. The van der Waals surface area contributed by atoms with Crippen molar-refractivity contribution in [2.75, 3.05) is 6.61 Å². The Kier molecular flexibility index (Phi) is 6.52. The number of hydrogen-bond donors (Lipinski definition) is 1. The molecule has 0 saturated heterocycles. The Hall–Kier alpha value is -1.95. The summed E-state index contributed by atoms with van der Waals surface area (Å²) in [6, 6.07) is 17.0. The Bertz CT molecular complexity index is 723. The van der Waals surface area contributed by atoms with E-state index >= 15 is 0 Å². The molecule has 0 saturated carbocycles. The fourth-order valence-corrected chi connectivity index (χ4v) is 2.74. The van der Waals surface area contributed by atoms with Gasteiger partial charge in [0.2, 0.25) is 10.0 Å². The normalized spacial score (nSPS) is 11.9. The van der Waals surface area contributed by atoms with Crippen LogP contribution in [-0.4, -0.2) is 15.0 Å². The minimum absolute atomic E-state index is 0.260. The second kappa shape index (κ2) is 8.62. The van der Waals surface area contributed by atoms with Crippen LogP contribution in [0.1, 0.15) is 23.6 Å². The van der Waals surface area contributed by atoms with E-state index in [-0.39, 0.29) is 6.54 Å². The lowest BCUT2D eigenvalue weighted by molar-refractivity contribution is 0.134. The van der Waals surface area contributed by atoms with Crippen LogP contribution in [0, 0.1) is 0 Å². The summed E-state index contributed by atoms with van der Waals surface area (Å²) in [4.78, 5) is 0. The molecule has 0 fully saturated rings. The Balaban J connectivity index is 1.90. The van der Waals surface area contributed by atoms with Crippen LogP contribution in [0.25, 0.3) is 6.08 Å². The van der Waals surface area contributed by atoms with Crippen LogP contribution < -0.4 is 4.72 Å². The third-order valence-electron chi connectivity index (χ3n) is 3.21. The molecule has 4 nitrogen and oxygen atoms in total. The van der Waals surface area contributed by atoms with Gasteiger partial charge in [-0.3, -0.25) is 0 Å². The van der Waals surface area contributed by atoms with E-state index in [4.69, 9.17) is 4.74 Å². The average Bonchev–Trinajstić information content (AvgIpc) is 2.58. The number of hydrogen-bond acceptors (Lipinski definition) is 3. The summed E-state index contributed by atoms with van der Waals surface area (Å²) in [6.45, 7) is 3.46. The monoisotopic (exact) mass is 331 g/mol. The van der Waals surface area contributed by atoms with Crippen molar-refractivity contribution in [2.24, 2.45) is 0 Å². The Morgan fingerprint density at radius 3 is 2.30 bits per heavy atom. The highest BCUT2D eigenvalue weighted by Crippen LogP contribution is 2.07. The van der Waals surface area contributed by atoms with Crippen molar-refractivity contribution in [3.63, 3.8) is 0 Å². The van der Waals surface area contributed by atoms with Crippen molar-refractivity contribution in [1.82, 2.24) is 4.72 Å². The molecule has 0 aliphatic heterocycles. The fourth-order valence-electron chi connectivity index (χ4n) is 1.94. The van der Waals surface area contributed by atoms with Crippen LogP contribution >= 0.6 is 0 Å². The van der Waals surface area contributed by atoms with Gasteiger partial charge in [-0.1, -0.05) is 54.6 Å². The third-order valence-corrected chi connectivity index (χ3v) is 4.25. The van der Waals surface area contributed by atoms with Crippen LogP contribution in [0.5, 0.6) is 0 Å². The summed E-state index contributed by atoms with van der Waals surface area (Å²) in [7, 11) is -3.46. The van der Waals surface area contributed by atoms with Gasteiger partial charge in [-0.2, -0.15) is 0 Å². The first kappa shape index (κ1) is 17.4. The molecule has 0 radical (unpaired) electrons. The minimum atomic E-state index is -3.46. The highest BCUT2D eigenvalue weighted by Gasteiger charge is 2.05. The zero-order valence-electron chi connectivity index (χ0n) is 13.1. The van der Waals surface area contributed by atoms with Crippen molar-refractivity contribution in [1.29, 1.82) is 0 Å². The van der Waals surface area contributed by atoms with Crippen LogP contribution in [0.15, 0.2) is 60.0 Å². The summed E-state index contributed by atoms with van der Waals surface area (Å²) in [5.41, 5.74) is 2.82. The number of benzene rings is 2. The lowest BCUT2D eigenvalue weighted by Gasteiger charge is -2.05. The quantitative estimate of drug-likeness (QED) is 0.807. The highest BCUT2D eigenvalue weighted by molar-refractivity contribution is 7.92. The SMILES string of the molecule is CCOCc1ccc(CNS(=O)(=O)/C=C/c2ccccc2)cc1. The van der Waals surface area contributed by atoms with E-state index in [9.17, 15) is 8.42 Å². The molecule has 1 N–H and O–H groups in total. The van der Waals surface area contributed by atoms with Gasteiger partial charge in [0, 0.05) is 18.6 Å². The van der Waals surface area contributed by atoms with Gasteiger partial charge in [-0.25, -0.2) is 13.1 Å². The fraction of sp³-hybridized carbons (Fsp3) is 0.222. The van der Waals surface area contributed by atoms with E-state index in [2.05, 4.69) is 4.72 Å². The zero-order chi connectivity index (χ0) is 16.5. The maximum Gasteiger partial charge on any atom is 0.234 e. The molecular weight excluding hydrogens is 310 g/mol. The van der Waals surface area contributed by atoms with Gasteiger partial charge in [-0.05, 0) is 29.7 Å². The molecule has 0 heterocycles. The first-order valence-electron chi connectivity index (χ1n) is 7.47. The van der Waals surface area contributed by atoms with Crippen LogP contribution in [0.3, 0.4) is 0 Å².